The van der Waals surface area contributed by atoms with Gasteiger partial charge in [0.25, 0.3) is 0 Å². The van der Waals surface area contributed by atoms with Crippen LogP contribution in [-0.4, -0.2) is 37.2 Å². The molecule has 0 bridgehead atoms. The van der Waals surface area contributed by atoms with Crippen LogP contribution < -0.4 is 0 Å². The maximum absolute atomic E-state index is 12.3. The Labute approximate surface area is 127 Å². The standard InChI is InChI=1S/C16H27NO4/c1-7-13(18)21-17(6)8-9-20-14(19)16(10-12(16)2)11-15(3,4)5/h7,12H,1,8-11H2,2-6H3. The number of ether oxygens (including phenoxy) is 1. The van der Waals surface area contributed by atoms with Crippen LogP contribution in [0.3, 0.4) is 0 Å². The molecule has 0 heterocycles. The molecule has 2 atom stereocenters. The van der Waals surface area contributed by atoms with Gasteiger partial charge in [-0.05, 0) is 24.2 Å². The van der Waals surface area contributed by atoms with E-state index in [0.717, 1.165) is 18.9 Å². The SMILES string of the molecule is C=CC(=O)ON(C)CCOC(=O)C1(CC(C)(C)C)CC1C. The summed E-state index contributed by atoms with van der Waals surface area (Å²) < 4.78 is 5.37. The van der Waals surface area contributed by atoms with Gasteiger partial charge < -0.3 is 9.57 Å². The monoisotopic (exact) mass is 297 g/mol. The molecule has 1 aliphatic carbocycles. The Morgan fingerprint density at radius 1 is 1.43 bits per heavy atom. The van der Waals surface area contributed by atoms with E-state index in [4.69, 9.17) is 9.57 Å². The van der Waals surface area contributed by atoms with E-state index in [1.807, 2.05) is 0 Å². The summed E-state index contributed by atoms with van der Waals surface area (Å²) in [5, 5.41) is 1.34. The van der Waals surface area contributed by atoms with E-state index in [2.05, 4.69) is 34.3 Å². The van der Waals surface area contributed by atoms with E-state index in [9.17, 15) is 9.59 Å². The van der Waals surface area contributed by atoms with E-state index in [1.165, 1.54) is 5.06 Å². The van der Waals surface area contributed by atoms with Gasteiger partial charge in [0.15, 0.2) is 0 Å². The maximum atomic E-state index is 12.3. The second-order valence-electron chi connectivity index (χ2n) is 7.10. The first-order valence-corrected chi connectivity index (χ1v) is 7.33. The minimum atomic E-state index is -0.524. The first kappa shape index (κ1) is 17.7. The van der Waals surface area contributed by atoms with Gasteiger partial charge in [0.05, 0.1) is 12.0 Å². The molecule has 21 heavy (non-hydrogen) atoms. The molecule has 5 nitrogen and oxygen atoms in total. The van der Waals surface area contributed by atoms with E-state index in [0.29, 0.717) is 12.5 Å². The van der Waals surface area contributed by atoms with Crippen LogP contribution in [0.4, 0.5) is 0 Å². The van der Waals surface area contributed by atoms with Crippen molar-refractivity contribution in [1.82, 2.24) is 5.06 Å². The van der Waals surface area contributed by atoms with Crippen LogP contribution in [0, 0.1) is 16.7 Å². The largest absolute Gasteiger partial charge is 0.464 e. The molecule has 0 spiro atoms. The van der Waals surface area contributed by atoms with Crippen molar-refractivity contribution in [2.45, 2.75) is 40.5 Å². The fourth-order valence-electron chi connectivity index (χ4n) is 2.68. The van der Waals surface area contributed by atoms with Crippen LogP contribution in [-0.2, 0) is 19.2 Å². The molecule has 5 heteroatoms. The van der Waals surface area contributed by atoms with Crippen LogP contribution >= 0.6 is 0 Å². The highest BCUT2D eigenvalue weighted by molar-refractivity contribution is 5.81. The van der Waals surface area contributed by atoms with E-state index in [1.54, 1.807) is 7.05 Å². The molecule has 1 rings (SSSR count). The summed E-state index contributed by atoms with van der Waals surface area (Å²) in [4.78, 5) is 28.2. The molecule has 1 fully saturated rings. The highest BCUT2D eigenvalue weighted by Crippen LogP contribution is 2.59. The summed E-state index contributed by atoms with van der Waals surface area (Å²) >= 11 is 0. The van der Waals surface area contributed by atoms with Gasteiger partial charge in [-0.3, -0.25) is 4.79 Å². The third kappa shape index (κ3) is 5.16. The molecule has 0 aromatic carbocycles. The average molecular weight is 297 g/mol. The van der Waals surface area contributed by atoms with E-state index in [-0.39, 0.29) is 23.4 Å². The van der Waals surface area contributed by atoms with E-state index >= 15 is 0 Å². The summed E-state index contributed by atoms with van der Waals surface area (Å²) in [5.74, 6) is -0.280. The molecule has 0 radical (unpaired) electrons. The predicted molar refractivity (Wildman–Crippen MR) is 80.2 cm³/mol. The van der Waals surface area contributed by atoms with Gasteiger partial charge in [-0.15, -0.1) is 5.06 Å². The molecule has 0 amide bonds. The molecule has 1 aliphatic rings. The van der Waals surface area contributed by atoms with Crippen LogP contribution in [0.5, 0.6) is 0 Å². The Kier molecular flexibility index (Phi) is 5.56. The Balaban J connectivity index is 2.40. The Hall–Kier alpha value is -1.36. The summed E-state index contributed by atoms with van der Waals surface area (Å²) in [6, 6.07) is 0. The zero-order valence-electron chi connectivity index (χ0n) is 13.8. The third-order valence-electron chi connectivity index (χ3n) is 3.76. The predicted octanol–water partition coefficient (Wildman–Crippen LogP) is 2.57. The number of likely N-dealkylation sites (N-methyl/N-ethyl adjacent to an activating group) is 1. The lowest BCUT2D eigenvalue weighted by atomic mass is 9.81. The van der Waals surface area contributed by atoms with Gasteiger partial charge in [-0.1, -0.05) is 34.3 Å². The smallest absolute Gasteiger partial charge is 0.349 e. The molecular weight excluding hydrogens is 270 g/mol. The summed E-state index contributed by atoms with van der Waals surface area (Å²) in [6.07, 6.45) is 2.82. The van der Waals surface area contributed by atoms with Crippen molar-refractivity contribution in [3.05, 3.63) is 12.7 Å². The van der Waals surface area contributed by atoms with Gasteiger partial charge in [-0.25, -0.2) is 4.79 Å². The molecular formula is C16H27NO4. The lowest BCUT2D eigenvalue weighted by molar-refractivity contribution is -0.181. The average Bonchev–Trinajstić information content (AvgIpc) is 2.97. The van der Waals surface area contributed by atoms with Gasteiger partial charge in [0, 0.05) is 13.1 Å². The summed E-state index contributed by atoms with van der Waals surface area (Å²) in [5.41, 5.74) is -0.228. The zero-order chi connectivity index (χ0) is 16.3. The lowest BCUT2D eigenvalue weighted by Crippen LogP contribution is -2.30. The van der Waals surface area contributed by atoms with Crippen molar-refractivity contribution in [2.75, 3.05) is 20.2 Å². The number of carbonyl (C=O) groups excluding carboxylic acids is 2. The number of rotatable bonds is 7. The molecule has 2 unspecified atom stereocenters. The normalized spacial score (nSPS) is 24.6. The van der Waals surface area contributed by atoms with Gasteiger partial charge in [0.2, 0.25) is 0 Å². The number of hydroxylamine groups is 2. The highest BCUT2D eigenvalue weighted by atomic mass is 16.7. The second kappa shape index (κ2) is 6.60. The number of hydrogen-bond donors (Lipinski definition) is 0. The third-order valence-corrected chi connectivity index (χ3v) is 3.76. The van der Waals surface area contributed by atoms with Crippen molar-refractivity contribution in [1.29, 1.82) is 0 Å². The van der Waals surface area contributed by atoms with E-state index < -0.39 is 5.97 Å². The first-order chi connectivity index (χ1) is 9.60. The minimum absolute atomic E-state index is 0.0973. The van der Waals surface area contributed by atoms with Gasteiger partial charge >= 0.3 is 11.9 Å². The molecule has 1 saturated carbocycles. The topological polar surface area (TPSA) is 55.8 Å². The fourth-order valence-corrected chi connectivity index (χ4v) is 2.68. The molecule has 0 aromatic heterocycles. The first-order valence-electron chi connectivity index (χ1n) is 7.33. The Morgan fingerprint density at radius 3 is 2.43 bits per heavy atom. The molecule has 0 N–H and O–H groups in total. The van der Waals surface area contributed by atoms with Crippen LogP contribution in [0.1, 0.15) is 40.5 Å². The van der Waals surface area contributed by atoms with Crippen molar-refractivity contribution in [2.24, 2.45) is 16.7 Å². The lowest BCUT2D eigenvalue weighted by Gasteiger charge is -2.25. The zero-order valence-corrected chi connectivity index (χ0v) is 13.8. The highest BCUT2D eigenvalue weighted by Gasteiger charge is 2.59. The van der Waals surface area contributed by atoms with Crippen molar-refractivity contribution in [3.8, 4) is 0 Å². The fraction of sp³-hybridized carbons (Fsp3) is 0.750. The molecule has 0 aromatic rings. The van der Waals surface area contributed by atoms with Crippen LogP contribution in [0.2, 0.25) is 0 Å². The van der Waals surface area contributed by atoms with Gasteiger partial charge in [-0.2, -0.15) is 0 Å². The minimum Gasteiger partial charge on any atom is -0.464 e. The number of carbonyl (C=O) groups is 2. The van der Waals surface area contributed by atoms with Crippen LogP contribution in [0.25, 0.3) is 0 Å². The number of esters is 1. The Bertz CT molecular complexity index is 413. The number of nitrogens with zero attached hydrogens (tertiary/aromatic N) is 1. The van der Waals surface area contributed by atoms with Crippen molar-refractivity contribution in [3.63, 3.8) is 0 Å². The van der Waals surface area contributed by atoms with Crippen molar-refractivity contribution < 1.29 is 19.2 Å². The molecule has 120 valence electrons. The van der Waals surface area contributed by atoms with Gasteiger partial charge in [0.1, 0.15) is 6.61 Å². The summed E-state index contributed by atoms with van der Waals surface area (Å²) in [6.45, 7) is 12.4. The molecule has 0 aliphatic heterocycles. The van der Waals surface area contributed by atoms with Crippen LogP contribution in [0.15, 0.2) is 12.7 Å². The second-order valence-corrected chi connectivity index (χ2v) is 7.10. The molecule has 0 saturated heterocycles. The van der Waals surface area contributed by atoms with Crippen molar-refractivity contribution >= 4 is 11.9 Å². The maximum Gasteiger partial charge on any atom is 0.349 e. The number of hydrogen-bond acceptors (Lipinski definition) is 5. The Morgan fingerprint density at radius 2 is 2.00 bits per heavy atom. The quantitative estimate of drug-likeness (QED) is 0.411. The summed E-state index contributed by atoms with van der Waals surface area (Å²) in [7, 11) is 1.61.